The molecule has 5 nitrogen and oxygen atoms in total. The Morgan fingerprint density at radius 2 is 1.94 bits per heavy atom. The van der Waals surface area contributed by atoms with Gasteiger partial charge in [0.25, 0.3) is 0 Å². The Morgan fingerprint density at radius 3 is 2.66 bits per heavy atom. The number of pyridine rings is 1. The van der Waals surface area contributed by atoms with Gasteiger partial charge in [-0.2, -0.15) is 16.9 Å². The summed E-state index contributed by atoms with van der Waals surface area (Å²) in [6, 6.07) is 1.66. The number of thioether (sulfide) groups is 1. The highest BCUT2D eigenvalue weighted by Crippen LogP contribution is 2.54. The number of rotatable bonds is 4. The number of thiophene rings is 1. The van der Waals surface area contributed by atoms with Crippen molar-refractivity contribution in [3.63, 3.8) is 0 Å². The molecular formula is C28H35N5S2. The van der Waals surface area contributed by atoms with E-state index in [1.165, 1.54) is 81.0 Å². The summed E-state index contributed by atoms with van der Waals surface area (Å²) in [5.41, 5.74) is 8.97. The molecule has 4 aromatic rings. The fraction of sp³-hybridized carbons (Fsp3) is 0.571. The van der Waals surface area contributed by atoms with Crippen molar-refractivity contribution >= 4 is 39.0 Å². The molecule has 2 bridgehead atoms. The summed E-state index contributed by atoms with van der Waals surface area (Å²) in [5, 5.41) is 5.94. The Kier molecular flexibility index (Phi) is 5.17. The normalized spacial score (nSPS) is 26.9. The third-order valence-corrected chi connectivity index (χ3v) is 11.7. The average molecular weight is 506 g/mol. The van der Waals surface area contributed by atoms with Crippen LogP contribution in [0.4, 0.5) is 0 Å². The summed E-state index contributed by atoms with van der Waals surface area (Å²) in [6.07, 6.45) is 7.99. The van der Waals surface area contributed by atoms with Crippen molar-refractivity contribution in [2.75, 3.05) is 18.1 Å². The van der Waals surface area contributed by atoms with E-state index in [2.05, 4.69) is 72.5 Å². The fourth-order valence-electron chi connectivity index (χ4n) is 7.39. The number of hydrogen-bond donors (Lipinski definition) is 1. The average Bonchev–Trinajstić information content (AvgIpc) is 3.65. The summed E-state index contributed by atoms with van der Waals surface area (Å²) in [6.45, 7) is 12.8. The van der Waals surface area contributed by atoms with E-state index in [-0.39, 0.29) is 0 Å². The highest BCUT2D eigenvalue weighted by Gasteiger charge is 2.48. The topological polar surface area (TPSA) is 49.2 Å². The SMILES string of the molecule is Cc1c(-c2[nH]c3sc(C4C[C@@H]5C[C@H]4CN5C4CCSC4)c(C)c3c2C(C)C)cn2ncnc2c1C. The van der Waals surface area contributed by atoms with Crippen LogP contribution in [0.15, 0.2) is 12.5 Å². The van der Waals surface area contributed by atoms with E-state index in [0.29, 0.717) is 5.92 Å². The molecule has 1 aliphatic carbocycles. The maximum atomic E-state index is 4.46. The largest absolute Gasteiger partial charge is 0.346 e. The van der Waals surface area contributed by atoms with Gasteiger partial charge in [-0.05, 0) is 85.8 Å². The van der Waals surface area contributed by atoms with E-state index in [9.17, 15) is 0 Å². The number of aromatic amines is 1. The maximum absolute atomic E-state index is 4.46. The first-order chi connectivity index (χ1) is 16.9. The second-order valence-electron chi connectivity index (χ2n) is 11.4. The lowest BCUT2D eigenvalue weighted by atomic mass is 9.88. The van der Waals surface area contributed by atoms with Crippen molar-refractivity contribution in [3.05, 3.63) is 39.7 Å². The van der Waals surface area contributed by atoms with E-state index >= 15 is 0 Å². The van der Waals surface area contributed by atoms with Gasteiger partial charge in [0.15, 0.2) is 5.65 Å². The maximum Gasteiger partial charge on any atom is 0.158 e. The second kappa shape index (κ2) is 8.09. The van der Waals surface area contributed by atoms with E-state index in [1.54, 1.807) is 11.2 Å². The molecule has 6 heterocycles. The molecule has 35 heavy (non-hydrogen) atoms. The molecule has 0 aromatic carbocycles. The number of aryl methyl sites for hydroxylation is 2. The van der Waals surface area contributed by atoms with Gasteiger partial charge in [-0.1, -0.05) is 13.8 Å². The lowest BCUT2D eigenvalue weighted by molar-refractivity contribution is 0.153. The van der Waals surface area contributed by atoms with Crippen molar-refractivity contribution in [3.8, 4) is 11.3 Å². The predicted molar refractivity (Wildman–Crippen MR) is 148 cm³/mol. The first-order valence-corrected chi connectivity index (χ1v) is 15.2. The van der Waals surface area contributed by atoms with Crippen molar-refractivity contribution < 1.29 is 0 Å². The smallest absolute Gasteiger partial charge is 0.158 e. The Bertz CT molecular complexity index is 1440. The second-order valence-corrected chi connectivity index (χ2v) is 13.6. The minimum Gasteiger partial charge on any atom is -0.346 e. The van der Waals surface area contributed by atoms with Crippen LogP contribution < -0.4 is 0 Å². The molecule has 184 valence electrons. The van der Waals surface area contributed by atoms with Gasteiger partial charge in [0.1, 0.15) is 11.2 Å². The number of hydrogen-bond acceptors (Lipinski definition) is 5. The van der Waals surface area contributed by atoms with Crippen molar-refractivity contribution in [1.29, 1.82) is 0 Å². The predicted octanol–water partition coefficient (Wildman–Crippen LogP) is 6.67. The summed E-state index contributed by atoms with van der Waals surface area (Å²) in [5.74, 6) is 4.75. The number of H-pyrrole nitrogens is 1. The third-order valence-electron chi connectivity index (χ3n) is 9.23. The van der Waals surface area contributed by atoms with Crippen LogP contribution in [0.2, 0.25) is 0 Å². The standard InChI is InChI=1S/C28H35N5S2/c1-14(2)23-24-17(5)26(21-9-20-8-18(21)10-32(20)19-6-7-34-12-19)35-28(24)31-25(23)22-11-33-27(29-13-30-33)16(4)15(22)3/h11,13-14,18-21,31H,6-10,12H2,1-5H3/t18-,19?,20-,21?/m0/s1. The van der Waals surface area contributed by atoms with E-state index in [0.717, 1.165) is 29.6 Å². The summed E-state index contributed by atoms with van der Waals surface area (Å²) < 4.78 is 1.93. The lowest BCUT2D eigenvalue weighted by Gasteiger charge is -2.35. The lowest BCUT2D eigenvalue weighted by Crippen LogP contribution is -2.42. The molecule has 3 aliphatic rings. The minimum absolute atomic E-state index is 0.446. The van der Waals surface area contributed by atoms with Gasteiger partial charge in [-0.25, -0.2) is 9.50 Å². The molecule has 0 radical (unpaired) electrons. The first kappa shape index (κ1) is 22.4. The molecule has 0 amide bonds. The zero-order valence-electron chi connectivity index (χ0n) is 21.4. The molecule has 1 saturated carbocycles. The summed E-state index contributed by atoms with van der Waals surface area (Å²) in [4.78, 5) is 14.3. The highest BCUT2D eigenvalue weighted by molar-refractivity contribution is 7.99. The molecule has 2 saturated heterocycles. The molecule has 1 N–H and O–H groups in total. The molecule has 7 rings (SSSR count). The Morgan fingerprint density at radius 1 is 1.09 bits per heavy atom. The number of nitrogens with one attached hydrogen (secondary N) is 1. The van der Waals surface area contributed by atoms with Crippen LogP contribution in [0, 0.1) is 26.7 Å². The van der Waals surface area contributed by atoms with Crippen molar-refractivity contribution in [2.24, 2.45) is 5.92 Å². The van der Waals surface area contributed by atoms with Gasteiger partial charge in [0, 0.05) is 46.4 Å². The third kappa shape index (κ3) is 3.23. The highest BCUT2D eigenvalue weighted by atomic mass is 32.2. The van der Waals surface area contributed by atoms with E-state index in [1.807, 2.05) is 15.9 Å². The summed E-state index contributed by atoms with van der Waals surface area (Å²) >= 11 is 4.20. The van der Waals surface area contributed by atoms with Crippen molar-refractivity contribution in [2.45, 2.75) is 77.8 Å². The fourth-order valence-corrected chi connectivity index (χ4v) is 10.1. The first-order valence-electron chi connectivity index (χ1n) is 13.2. The molecule has 7 heteroatoms. The molecule has 3 fully saturated rings. The van der Waals surface area contributed by atoms with Gasteiger partial charge < -0.3 is 4.98 Å². The number of aromatic nitrogens is 4. The Balaban J connectivity index is 1.29. The molecule has 0 spiro atoms. The van der Waals surface area contributed by atoms with Gasteiger partial charge >= 0.3 is 0 Å². The Hall–Kier alpha value is -1.83. The number of piperidine rings is 1. The van der Waals surface area contributed by atoms with Gasteiger partial charge in [-0.3, -0.25) is 4.90 Å². The zero-order chi connectivity index (χ0) is 24.0. The van der Waals surface area contributed by atoms with Crippen LogP contribution in [0.5, 0.6) is 0 Å². The van der Waals surface area contributed by atoms with Crippen LogP contribution in [-0.4, -0.2) is 54.6 Å². The monoisotopic (exact) mass is 505 g/mol. The summed E-state index contributed by atoms with van der Waals surface area (Å²) in [7, 11) is 0. The van der Waals surface area contributed by atoms with Crippen molar-refractivity contribution in [1.82, 2.24) is 24.5 Å². The van der Waals surface area contributed by atoms with Gasteiger partial charge in [0.05, 0.1) is 5.69 Å². The zero-order valence-corrected chi connectivity index (χ0v) is 23.0. The van der Waals surface area contributed by atoms with Gasteiger partial charge in [-0.15, -0.1) is 11.3 Å². The molecule has 2 unspecified atom stereocenters. The quantitative estimate of drug-likeness (QED) is 0.336. The van der Waals surface area contributed by atoms with Gasteiger partial charge in [0.2, 0.25) is 0 Å². The van der Waals surface area contributed by atoms with E-state index in [4.69, 9.17) is 0 Å². The number of fused-ring (bicyclic) bond motifs is 4. The molecular weight excluding hydrogens is 470 g/mol. The van der Waals surface area contributed by atoms with Crippen LogP contribution in [0.25, 0.3) is 27.1 Å². The van der Waals surface area contributed by atoms with Crippen LogP contribution in [0.1, 0.15) is 72.1 Å². The molecule has 4 aromatic heterocycles. The van der Waals surface area contributed by atoms with E-state index < -0.39 is 0 Å². The van der Waals surface area contributed by atoms with Crippen LogP contribution in [0.3, 0.4) is 0 Å². The molecule has 4 atom stereocenters. The number of nitrogens with zero attached hydrogens (tertiary/aromatic N) is 4. The van der Waals surface area contributed by atoms with Crippen LogP contribution in [-0.2, 0) is 0 Å². The van der Waals surface area contributed by atoms with Crippen LogP contribution >= 0.6 is 23.1 Å². The number of likely N-dealkylation sites (tertiary alicyclic amines) is 1. The Labute approximate surface area is 215 Å². The minimum atomic E-state index is 0.446. The molecule has 2 aliphatic heterocycles.